The molecule has 2 fully saturated rings. The maximum atomic E-state index is 11.3. The van der Waals surface area contributed by atoms with Crippen LogP contribution in [0.25, 0.3) is 0 Å². The van der Waals surface area contributed by atoms with Crippen LogP contribution in [0, 0.1) is 22.0 Å². The summed E-state index contributed by atoms with van der Waals surface area (Å²) in [6, 6.07) is 4.88. The fourth-order valence-corrected chi connectivity index (χ4v) is 3.87. The number of piperidine rings is 1. The number of nitrogens with zero attached hydrogens (tertiary/aromatic N) is 2. The highest BCUT2D eigenvalue weighted by Gasteiger charge is 2.30. The number of benzene rings is 1. The molecular weight excluding hydrogens is 296 g/mol. The maximum Gasteiger partial charge on any atom is 0.292 e. The van der Waals surface area contributed by atoms with Crippen molar-refractivity contribution in [2.45, 2.75) is 32.3 Å². The van der Waals surface area contributed by atoms with Crippen LogP contribution in [0.15, 0.2) is 18.2 Å². The highest BCUT2D eigenvalue weighted by atomic mass is 16.6. The van der Waals surface area contributed by atoms with Gasteiger partial charge in [-0.25, -0.2) is 0 Å². The van der Waals surface area contributed by atoms with E-state index in [4.69, 9.17) is 4.74 Å². The van der Waals surface area contributed by atoms with Gasteiger partial charge in [0.15, 0.2) is 0 Å². The van der Waals surface area contributed by atoms with Crippen LogP contribution in [0.3, 0.4) is 0 Å². The molecule has 0 atom stereocenters. The molecule has 1 aromatic rings. The summed E-state index contributed by atoms with van der Waals surface area (Å²) in [4.78, 5) is 13.1. The lowest BCUT2D eigenvalue weighted by Crippen LogP contribution is -2.37. The Balaban J connectivity index is 1.70. The molecule has 6 nitrogen and oxygen atoms in total. The molecule has 2 saturated heterocycles. The van der Waals surface area contributed by atoms with E-state index in [9.17, 15) is 15.2 Å². The lowest BCUT2D eigenvalue weighted by molar-refractivity contribution is -0.384. The molecule has 23 heavy (non-hydrogen) atoms. The van der Waals surface area contributed by atoms with Gasteiger partial charge in [0, 0.05) is 32.4 Å². The summed E-state index contributed by atoms with van der Waals surface area (Å²) < 4.78 is 5.44. The van der Waals surface area contributed by atoms with Gasteiger partial charge in [-0.1, -0.05) is 0 Å². The molecule has 2 aliphatic rings. The molecule has 1 aromatic carbocycles. The van der Waals surface area contributed by atoms with Gasteiger partial charge in [-0.15, -0.1) is 0 Å². The van der Waals surface area contributed by atoms with Gasteiger partial charge >= 0.3 is 0 Å². The standard InChI is InChI=1S/C17H24N2O4/c20-12-13-1-2-16(19(21)22)17(11-13)18-7-3-14(4-8-18)15-5-9-23-10-6-15/h1-2,11,14-15,20H,3-10,12H2. The summed E-state index contributed by atoms with van der Waals surface area (Å²) in [5.41, 5.74) is 1.50. The third kappa shape index (κ3) is 3.64. The second-order valence-corrected chi connectivity index (χ2v) is 6.51. The van der Waals surface area contributed by atoms with Crippen molar-refractivity contribution in [3.63, 3.8) is 0 Å². The minimum absolute atomic E-state index is 0.0937. The van der Waals surface area contributed by atoms with Crippen molar-refractivity contribution in [3.8, 4) is 0 Å². The lowest BCUT2D eigenvalue weighted by atomic mass is 9.80. The molecule has 0 radical (unpaired) electrons. The van der Waals surface area contributed by atoms with E-state index < -0.39 is 0 Å². The third-order valence-electron chi connectivity index (χ3n) is 5.23. The highest BCUT2D eigenvalue weighted by molar-refractivity contribution is 5.64. The smallest absolute Gasteiger partial charge is 0.292 e. The number of rotatable bonds is 4. The Bertz CT molecular complexity index is 550. The van der Waals surface area contributed by atoms with Crippen LogP contribution in [0.1, 0.15) is 31.2 Å². The summed E-state index contributed by atoms with van der Waals surface area (Å²) in [5, 5.41) is 20.6. The van der Waals surface area contributed by atoms with Crippen LogP contribution in [0.4, 0.5) is 11.4 Å². The van der Waals surface area contributed by atoms with E-state index in [1.54, 1.807) is 12.1 Å². The normalized spacial score (nSPS) is 20.7. The summed E-state index contributed by atoms with van der Waals surface area (Å²) >= 11 is 0. The predicted molar refractivity (Wildman–Crippen MR) is 87.5 cm³/mol. The number of aliphatic hydroxyl groups is 1. The van der Waals surface area contributed by atoms with Crippen LogP contribution in [0.5, 0.6) is 0 Å². The van der Waals surface area contributed by atoms with Crippen molar-refractivity contribution in [1.82, 2.24) is 0 Å². The Hall–Kier alpha value is -1.66. The molecule has 6 heteroatoms. The molecular formula is C17H24N2O4. The summed E-state index contributed by atoms with van der Waals surface area (Å²) in [5.74, 6) is 1.44. The molecule has 0 aliphatic carbocycles. The first-order valence-corrected chi connectivity index (χ1v) is 8.40. The first-order valence-electron chi connectivity index (χ1n) is 8.40. The number of aliphatic hydroxyl groups excluding tert-OH is 1. The van der Waals surface area contributed by atoms with Crippen molar-refractivity contribution in [1.29, 1.82) is 0 Å². The summed E-state index contributed by atoms with van der Waals surface area (Å²) in [6.07, 6.45) is 4.44. The molecule has 0 saturated carbocycles. The zero-order chi connectivity index (χ0) is 16.2. The average molecular weight is 320 g/mol. The molecule has 0 amide bonds. The molecule has 3 rings (SSSR count). The van der Waals surface area contributed by atoms with E-state index in [0.717, 1.165) is 63.5 Å². The number of hydrogen-bond donors (Lipinski definition) is 1. The lowest BCUT2D eigenvalue weighted by Gasteiger charge is -2.38. The van der Waals surface area contributed by atoms with Crippen LogP contribution in [-0.2, 0) is 11.3 Å². The van der Waals surface area contributed by atoms with E-state index in [2.05, 4.69) is 4.90 Å². The Morgan fingerprint density at radius 2 is 1.83 bits per heavy atom. The molecule has 0 unspecified atom stereocenters. The Morgan fingerprint density at radius 3 is 2.43 bits per heavy atom. The molecule has 2 aliphatic heterocycles. The van der Waals surface area contributed by atoms with Gasteiger partial charge in [0.1, 0.15) is 5.69 Å². The molecule has 1 N–H and O–H groups in total. The minimum Gasteiger partial charge on any atom is -0.392 e. The minimum atomic E-state index is -0.332. The van der Waals surface area contributed by atoms with Gasteiger partial charge in [0.05, 0.1) is 11.5 Å². The largest absolute Gasteiger partial charge is 0.392 e. The number of nitro benzene ring substituents is 1. The molecule has 0 aromatic heterocycles. The van der Waals surface area contributed by atoms with Crippen molar-refractivity contribution in [3.05, 3.63) is 33.9 Å². The Labute approximate surface area is 136 Å². The molecule has 0 spiro atoms. The molecule has 0 bridgehead atoms. The van der Waals surface area contributed by atoms with Gasteiger partial charge in [0.25, 0.3) is 5.69 Å². The fraction of sp³-hybridized carbons (Fsp3) is 0.647. The first-order chi connectivity index (χ1) is 11.2. The van der Waals surface area contributed by atoms with E-state index in [1.165, 1.54) is 6.07 Å². The van der Waals surface area contributed by atoms with Crippen LogP contribution in [-0.4, -0.2) is 36.3 Å². The van der Waals surface area contributed by atoms with E-state index >= 15 is 0 Å². The zero-order valence-corrected chi connectivity index (χ0v) is 13.3. The zero-order valence-electron chi connectivity index (χ0n) is 13.3. The SMILES string of the molecule is O=[N+]([O-])c1ccc(CO)cc1N1CCC(C2CCOCC2)CC1. The van der Waals surface area contributed by atoms with Crippen molar-refractivity contribution in [2.24, 2.45) is 11.8 Å². The quantitative estimate of drug-likeness (QED) is 0.682. The first kappa shape index (κ1) is 16.2. The number of ether oxygens (including phenoxy) is 1. The fourth-order valence-electron chi connectivity index (χ4n) is 3.87. The van der Waals surface area contributed by atoms with Crippen LogP contribution < -0.4 is 4.90 Å². The number of nitro groups is 1. The van der Waals surface area contributed by atoms with Crippen molar-refractivity contribution >= 4 is 11.4 Å². The van der Waals surface area contributed by atoms with E-state index in [1.807, 2.05) is 0 Å². The van der Waals surface area contributed by atoms with Crippen molar-refractivity contribution < 1.29 is 14.8 Å². The van der Waals surface area contributed by atoms with Crippen LogP contribution >= 0.6 is 0 Å². The number of anilines is 1. The maximum absolute atomic E-state index is 11.3. The summed E-state index contributed by atoms with van der Waals surface area (Å²) in [6.45, 7) is 3.34. The van der Waals surface area contributed by atoms with E-state index in [0.29, 0.717) is 11.6 Å². The molecule has 126 valence electrons. The second-order valence-electron chi connectivity index (χ2n) is 6.51. The van der Waals surface area contributed by atoms with Gasteiger partial charge < -0.3 is 14.7 Å². The van der Waals surface area contributed by atoms with Gasteiger partial charge in [-0.3, -0.25) is 10.1 Å². The third-order valence-corrected chi connectivity index (χ3v) is 5.23. The summed E-state index contributed by atoms with van der Waals surface area (Å²) in [7, 11) is 0. The Morgan fingerprint density at radius 1 is 1.17 bits per heavy atom. The topological polar surface area (TPSA) is 75.8 Å². The second kappa shape index (κ2) is 7.27. The van der Waals surface area contributed by atoms with E-state index in [-0.39, 0.29) is 17.2 Å². The predicted octanol–water partition coefficient (Wildman–Crippen LogP) is 2.73. The van der Waals surface area contributed by atoms with Crippen molar-refractivity contribution in [2.75, 3.05) is 31.2 Å². The van der Waals surface area contributed by atoms with Gasteiger partial charge in [-0.05, 0) is 55.2 Å². The van der Waals surface area contributed by atoms with Crippen LogP contribution in [0.2, 0.25) is 0 Å². The molecule has 2 heterocycles. The van der Waals surface area contributed by atoms with Gasteiger partial charge in [-0.2, -0.15) is 0 Å². The highest BCUT2D eigenvalue weighted by Crippen LogP contribution is 2.36. The Kier molecular flexibility index (Phi) is 5.13. The average Bonchev–Trinajstić information content (AvgIpc) is 2.62. The van der Waals surface area contributed by atoms with Gasteiger partial charge in [0.2, 0.25) is 0 Å². The monoisotopic (exact) mass is 320 g/mol. The number of hydrogen-bond acceptors (Lipinski definition) is 5.